The van der Waals surface area contributed by atoms with E-state index < -0.39 is 0 Å². The van der Waals surface area contributed by atoms with Crippen molar-refractivity contribution in [2.24, 2.45) is 0 Å². The number of nitrogens with one attached hydrogen (secondary N) is 1. The Morgan fingerprint density at radius 2 is 1.90 bits per heavy atom. The van der Waals surface area contributed by atoms with Gasteiger partial charge >= 0.3 is 0 Å². The second kappa shape index (κ2) is 10.4. The summed E-state index contributed by atoms with van der Waals surface area (Å²) in [6, 6.07) is 7.44. The molecule has 0 aromatic heterocycles. The van der Waals surface area contributed by atoms with E-state index in [1.54, 1.807) is 12.2 Å². The number of carbonyl (C=O) groups excluding carboxylic acids is 1. The predicted octanol–water partition coefficient (Wildman–Crippen LogP) is 3.32. The Morgan fingerprint density at radius 1 is 1.20 bits per heavy atom. The minimum atomic E-state index is -0.0362. The fraction of sp³-hybridized carbons (Fsp3) is 0.438. The number of carbonyl (C=O) groups is 1. The quantitative estimate of drug-likeness (QED) is 0.417. The number of rotatable bonds is 9. The summed E-state index contributed by atoms with van der Waals surface area (Å²) in [6.45, 7) is 0.754. The zero-order valence-electron chi connectivity index (χ0n) is 12.1. The van der Waals surface area contributed by atoms with Crippen molar-refractivity contribution in [3.05, 3.63) is 35.9 Å². The average Bonchev–Trinajstić information content (AvgIpc) is 2.46. The molecule has 0 bridgehead atoms. The van der Waals surface area contributed by atoms with E-state index in [1.165, 1.54) is 25.0 Å². The molecule has 0 atom stereocenters. The zero-order chi connectivity index (χ0) is 14.6. The van der Waals surface area contributed by atoms with Crippen molar-refractivity contribution in [2.45, 2.75) is 25.7 Å². The summed E-state index contributed by atoms with van der Waals surface area (Å²) in [5, 5.41) is 2.90. The van der Waals surface area contributed by atoms with Gasteiger partial charge in [0.15, 0.2) is 0 Å². The number of nitrogen functional groups attached to an aromatic ring is 1. The van der Waals surface area contributed by atoms with Gasteiger partial charge in [0.1, 0.15) is 0 Å². The molecule has 0 fully saturated rings. The van der Waals surface area contributed by atoms with Crippen LogP contribution in [-0.2, 0) is 4.79 Å². The molecular formula is C16H24N2OS. The molecule has 0 radical (unpaired) electrons. The van der Waals surface area contributed by atoms with E-state index in [0.29, 0.717) is 0 Å². The highest BCUT2D eigenvalue weighted by Crippen LogP contribution is 2.07. The molecule has 0 saturated carbocycles. The number of unbranched alkanes of at least 4 members (excludes halogenated alkanes) is 3. The van der Waals surface area contributed by atoms with Gasteiger partial charge in [-0.2, -0.15) is 11.8 Å². The Bertz CT molecular complexity index is 415. The van der Waals surface area contributed by atoms with Crippen LogP contribution in [0.1, 0.15) is 31.2 Å². The molecule has 1 aromatic carbocycles. The van der Waals surface area contributed by atoms with Crippen molar-refractivity contribution in [1.29, 1.82) is 0 Å². The lowest BCUT2D eigenvalue weighted by molar-refractivity contribution is -0.116. The topological polar surface area (TPSA) is 55.1 Å². The predicted molar refractivity (Wildman–Crippen MR) is 89.7 cm³/mol. The van der Waals surface area contributed by atoms with Crippen LogP contribution in [0.4, 0.5) is 5.69 Å². The third-order valence-electron chi connectivity index (χ3n) is 2.94. The molecule has 1 amide bonds. The highest BCUT2D eigenvalue weighted by molar-refractivity contribution is 7.98. The van der Waals surface area contributed by atoms with Gasteiger partial charge in [0.05, 0.1) is 0 Å². The molecule has 0 spiro atoms. The highest BCUT2D eigenvalue weighted by Gasteiger charge is 1.95. The number of hydrogen-bond donors (Lipinski definition) is 2. The minimum absolute atomic E-state index is 0.0362. The molecule has 0 heterocycles. The molecular weight excluding hydrogens is 268 g/mol. The standard InChI is InChI=1S/C16H24N2OS/c1-20-13-5-3-2-4-12-18-16(19)11-8-14-6-9-15(17)10-7-14/h6-11H,2-5,12-13,17H2,1H3,(H,18,19)/b11-8+. The minimum Gasteiger partial charge on any atom is -0.399 e. The van der Waals surface area contributed by atoms with Crippen LogP contribution in [0.15, 0.2) is 30.3 Å². The van der Waals surface area contributed by atoms with Crippen molar-refractivity contribution in [3.63, 3.8) is 0 Å². The van der Waals surface area contributed by atoms with Gasteiger partial charge in [-0.3, -0.25) is 4.79 Å². The van der Waals surface area contributed by atoms with Gasteiger partial charge in [0.25, 0.3) is 0 Å². The van der Waals surface area contributed by atoms with E-state index in [1.807, 2.05) is 36.0 Å². The Hall–Kier alpha value is -1.42. The maximum atomic E-state index is 11.6. The molecule has 110 valence electrons. The van der Waals surface area contributed by atoms with Gasteiger partial charge in [0.2, 0.25) is 5.91 Å². The molecule has 3 nitrogen and oxygen atoms in total. The van der Waals surface area contributed by atoms with Gasteiger partial charge in [-0.15, -0.1) is 0 Å². The molecule has 0 aliphatic heterocycles. The second-order valence-corrected chi connectivity index (χ2v) is 5.68. The molecule has 1 aromatic rings. The first-order valence-electron chi connectivity index (χ1n) is 7.03. The van der Waals surface area contributed by atoms with Crippen LogP contribution < -0.4 is 11.1 Å². The van der Waals surface area contributed by atoms with Crippen LogP contribution in [0.2, 0.25) is 0 Å². The average molecular weight is 292 g/mol. The van der Waals surface area contributed by atoms with E-state index in [2.05, 4.69) is 11.6 Å². The van der Waals surface area contributed by atoms with Gasteiger partial charge in [-0.1, -0.05) is 25.0 Å². The molecule has 0 saturated heterocycles. The summed E-state index contributed by atoms with van der Waals surface area (Å²) >= 11 is 1.89. The van der Waals surface area contributed by atoms with E-state index in [0.717, 1.165) is 24.2 Å². The first-order chi connectivity index (χ1) is 9.72. The lowest BCUT2D eigenvalue weighted by Crippen LogP contribution is -2.21. The van der Waals surface area contributed by atoms with Crippen molar-refractivity contribution < 1.29 is 4.79 Å². The summed E-state index contributed by atoms with van der Waals surface area (Å²) in [6.07, 6.45) is 10.3. The first-order valence-corrected chi connectivity index (χ1v) is 8.42. The molecule has 0 unspecified atom stereocenters. The van der Waals surface area contributed by atoms with E-state index >= 15 is 0 Å². The van der Waals surface area contributed by atoms with Crippen LogP contribution >= 0.6 is 11.8 Å². The fourth-order valence-electron chi connectivity index (χ4n) is 1.77. The summed E-state index contributed by atoms with van der Waals surface area (Å²) in [7, 11) is 0. The lowest BCUT2D eigenvalue weighted by Gasteiger charge is -2.02. The molecule has 4 heteroatoms. The number of thioether (sulfide) groups is 1. The maximum Gasteiger partial charge on any atom is 0.243 e. The van der Waals surface area contributed by atoms with Crippen molar-refractivity contribution >= 4 is 29.4 Å². The Morgan fingerprint density at radius 3 is 2.60 bits per heavy atom. The SMILES string of the molecule is CSCCCCCCNC(=O)/C=C/c1ccc(N)cc1. The molecule has 1 rings (SSSR count). The van der Waals surface area contributed by atoms with Crippen molar-refractivity contribution in [2.75, 3.05) is 24.3 Å². The van der Waals surface area contributed by atoms with Crippen LogP contribution in [0.5, 0.6) is 0 Å². The smallest absolute Gasteiger partial charge is 0.243 e. The normalized spacial score (nSPS) is 10.8. The summed E-state index contributed by atoms with van der Waals surface area (Å²) < 4.78 is 0. The fourth-order valence-corrected chi connectivity index (χ4v) is 2.27. The lowest BCUT2D eigenvalue weighted by atomic mass is 10.2. The third kappa shape index (κ3) is 7.89. The van der Waals surface area contributed by atoms with Crippen LogP contribution in [0.3, 0.4) is 0 Å². The highest BCUT2D eigenvalue weighted by atomic mass is 32.2. The number of nitrogens with two attached hydrogens (primary N) is 1. The van der Waals surface area contributed by atoms with Crippen LogP contribution in [0.25, 0.3) is 6.08 Å². The van der Waals surface area contributed by atoms with Crippen LogP contribution in [0, 0.1) is 0 Å². The van der Waals surface area contributed by atoms with Crippen LogP contribution in [-0.4, -0.2) is 24.5 Å². The first kappa shape index (κ1) is 16.6. The van der Waals surface area contributed by atoms with Gasteiger partial charge in [-0.05, 0) is 48.6 Å². The monoisotopic (exact) mass is 292 g/mol. The van der Waals surface area contributed by atoms with E-state index in [4.69, 9.17) is 5.73 Å². The number of anilines is 1. The van der Waals surface area contributed by atoms with Gasteiger partial charge in [0, 0.05) is 18.3 Å². The van der Waals surface area contributed by atoms with Gasteiger partial charge in [-0.25, -0.2) is 0 Å². The number of benzene rings is 1. The van der Waals surface area contributed by atoms with Crippen molar-refractivity contribution in [3.8, 4) is 0 Å². The van der Waals surface area contributed by atoms with E-state index in [-0.39, 0.29) is 5.91 Å². The zero-order valence-corrected chi connectivity index (χ0v) is 12.9. The maximum absolute atomic E-state index is 11.6. The third-order valence-corrected chi connectivity index (χ3v) is 3.64. The summed E-state index contributed by atoms with van der Waals surface area (Å²) in [5.74, 6) is 1.20. The molecule has 20 heavy (non-hydrogen) atoms. The Balaban J connectivity index is 2.12. The van der Waals surface area contributed by atoms with E-state index in [9.17, 15) is 4.79 Å². The molecule has 0 aliphatic rings. The molecule has 3 N–H and O–H groups in total. The Kier molecular flexibility index (Phi) is 8.63. The van der Waals surface area contributed by atoms with Gasteiger partial charge < -0.3 is 11.1 Å². The second-order valence-electron chi connectivity index (χ2n) is 4.70. The Labute approximate surface area is 126 Å². The molecule has 0 aliphatic carbocycles. The summed E-state index contributed by atoms with van der Waals surface area (Å²) in [4.78, 5) is 11.6. The number of amides is 1. The number of hydrogen-bond acceptors (Lipinski definition) is 3. The van der Waals surface area contributed by atoms with Crippen molar-refractivity contribution in [1.82, 2.24) is 5.32 Å². The summed E-state index contributed by atoms with van der Waals surface area (Å²) in [5.41, 5.74) is 7.31. The largest absolute Gasteiger partial charge is 0.399 e.